The number of nitrogens with one attached hydrogen (secondary N) is 2. The first-order valence-corrected chi connectivity index (χ1v) is 9.39. The lowest BCUT2D eigenvalue weighted by Gasteiger charge is -2.32. The van der Waals surface area contributed by atoms with Gasteiger partial charge < -0.3 is 25.2 Å². The van der Waals surface area contributed by atoms with Crippen LogP contribution >= 0.6 is 0 Å². The van der Waals surface area contributed by atoms with E-state index in [2.05, 4.69) is 29.5 Å². The first kappa shape index (κ1) is 20.2. The van der Waals surface area contributed by atoms with E-state index >= 15 is 0 Å². The summed E-state index contributed by atoms with van der Waals surface area (Å²) in [6.07, 6.45) is 4.92. The maximum atomic E-state index is 10.0. The number of hydrogen-bond donors (Lipinski definition) is 3. The molecule has 3 N–H and O–H groups in total. The maximum Gasteiger partial charge on any atom is 0.200 e. The molecule has 0 radical (unpaired) electrons. The number of nitrogens with zero attached hydrogens (tertiary/aromatic N) is 1. The smallest absolute Gasteiger partial charge is 0.200 e. The molecule has 1 aliphatic carbocycles. The third-order valence-corrected chi connectivity index (χ3v) is 5.28. The van der Waals surface area contributed by atoms with E-state index in [1.165, 1.54) is 39.9 Å². The number of phenolic OH excluding ortho intramolecular Hbond substituents is 1. The third-order valence-electron chi connectivity index (χ3n) is 5.28. The number of phenols is 1. The van der Waals surface area contributed by atoms with Gasteiger partial charge in [0, 0.05) is 19.6 Å². The van der Waals surface area contributed by atoms with Crippen LogP contribution in [0.25, 0.3) is 0 Å². The molecule has 0 bridgehead atoms. The Hall–Kier alpha value is -2.11. The van der Waals surface area contributed by atoms with Crippen molar-refractivity contribution in [3.8, 4) is 17.2 Å². The van der Waals surface area contributed by atoms with Crippen molar-refractivity contribution in [1.29, 1.82) is 0 Å². The molecule has 1 saturated carbocycles. The number of hydrogen-bond acceptors (Lipinski definition) is 4. The monoisotopic (exact) mass is 363 g/mol. The first-order chi connectivity index (χ1) is 12.5. The van der Waals surface area contributed by atoms with Gasteiger partial charge in [-0.3, -0.25) is 4.99 Å². The van der Waals surface area contributed by atoms with Crippen molar-refractivity contribution in [3.05, 3.63) is 17.7 Å². The zero-order valence-electron chi connectivity index (χ0n) is 16.6. The molecule has 0 spiro atoms. The van der Waals surface area contributed by atoms with Crippen molar-refractivity contribution in [2.75, 3.05) is 21.3 Å². The van der Waals surface area contributed by atoms with Gasteiger partial charge in [-0.15, -0.1) is 0 Å². The van der Waals surface area contributed by atoms with E-state index in [9.17, 15) is 5.11 Å². The predicted octanol–water partition coefficient (Wildman–Crippen LogP) is 3.29. The molecule has 26 heavy (non-hydrogen) atoms. The van der Waals surface area contributed by atoms with Crippen LogP contribution in [0.5, 0.6) is 17.2 Å². The quantitative estimate of drug-likeness (QED) is 0.534. The second kappa shape index (κ2) is 9.55. The highest BCUT2D eigenvalue weighted by Gasteiger charge is 2.23. The number of aromatic hydroxyl groups is 1. The summed E-state index contributed by atoms with van der Waals surface area (Å²) in [4.78, 5) is 4.34. The number of benzene rings is 1. The van der Waals surface area contributed by atoms with Gasteiger partial charge in [0.2, 0.25) is 5.75 Å². The normalized spacial score (nSPS) is 20.8. The predicted molar refractivity (Wildman–Crippen MR) is 105 cm³/mol. The third kappa shape index (κ3) is 5.19. The number of rotatable bonds is 6. The van der Waals surface area contributed by atoms with E-state index in [1.807, 2.05) is 0 Å². The minimum Gasteiger partial charge on any atom is -0.502 e. The molecule has 1 aromatic rings. The Kier molecular flexibility index (Phi) is 7.42. The fourth-order valence-corrected chi connectivity index (χ4v) is 3.55. The Morgan fingerprint density at radius 1 is 1.15 bits per heavy atom. The van der Waals surface area contributed by atoms with Gasteiger partial charge in [-0.25, -0.2) is 0 Å². The molecular formula is C20H33N3O3. The number of ether oxygens (including phenoxy) is 2. The van der Waals surface area contributed by atoms with Crippen molar-refractivity contribution in [1.82, 2.24) is 10.6 Å². The maximum absolute atomic E-state index is 10.0. The lowest BCUT2D eigenvalue weighted by atomic mass is 9.80. The molecule has 0 unspecified atom stereocenters. The lowest BCUT2D eigenvalue weighted by Crippen LogP contribution is -2.44. The second-order valence-electron chi connectivity index (χ2n) is 7.27. The Balaban J connectivity index is 1.91. The summed E-state index contributed by atoms with van der Waals surface area (Å²) in [5.41, 5.74) is 0.947. The fraction of sp³-hybridized carbons (Fsp3) is 0.650. The van der Waals surface area contributed by atoms with Gasteiger partial charge in [0.25, 0.3) is 0 Å². The van der Waals surface area contributed by atoms with Crippen molar-refractivity contribution in [3.63, 3.8) is 0 Å². The minimum atomic E-state index is 0.0168. The van der Waals surface area contributed by atoms with Crippen LogP contribution < -0.4 is 20.1 Å². The van der Waals surface area contributed by atoms with E-state index in [0.29, 0.717) is 24.1 Å². The van der Waals surface area contributed by atoms with Gasteiger partial charge in [0.05, 0.1) is 14.2 Å². The van der Waals surface area contributed by atoms with E-state index in [1.54, 1.807) is 19.2 Å². The molecule has 0 saturated heterocycles. The van der Waals surface area contributed by atoms with Crippen LogP contribution in [0.3, 0.4) is 0 Å². The number of aliphatic imine (C=N–C) groups is 1. The van der Waals surface area contributed by atoms with Gasteiger partial charge in [-0.05, 0) is 55.2 Å². The Morgan fingerprint density at radius 3 is 2.19 bits per heavy atom. The number of guanidine groups is 1. The molecule has 1 aromatic carbocycles. The van der Waals surface area contributed by atoms with Crippen LogP contribution in [-0.2, 0) is 6.54 Å². The van der Waals surface area contributed by atoms with Gasteiger partial charge in [0.15, 0.2) is 17.5 Å². The van der Waals surface area contributed by atoms with Crippen LogP contribution in [0.1, 0.15) is 45.1 Å². The van der Waals surface area contributed by atoms with Gasteiger partial charge in [-0.2, -0.15) is 0 Å². The molecule has 0 aliphatic heterocycles. The summed E-state index contributed by atoms with van der Waals surface area (Å²) in [5.74, 6) is 3.23. The lowest BCUT2D eigenvalue weighted by molar-refractivity contribution is 0.250. The van der Waals surface area contributed by atoms with Crippen LogP contribution in [0.15, 0.2) is 17.1 Å². The van der Waals surface area contributed by atoms with Crippen molar-refractivity contribution in [2.45, 2.75) is 52.1 Å². The summed E-state index contributed by atoms with van der Waals surface area (Å²) in [7, 11) is 4.84. The molecule has 146 valence electrons. The summed E-state index contributed by atoms with van der Waals surface area (Å²) >= 11 is 0. The van der Waals surface area contributed by atoms with E-state index < -0.39 is 0 Å². The summed E-state index contributed by atoms with van der Waals surface area (Å²) < 4.78 is 10.4. The largest absolute Gasteiger partial charge is 0.502 e. The Bertz CT molecular complexity index is 583. The molecule has 6 nitrogen and oxygen atoms in total. The van der Waals surface area contributed by atoms with Gasteiger partial charge >= 0.3 is 0 Å². The highest BCUT2D eigenvalue weighted by atomic mass is 16.5. The molecule has 1 fully saturated rings. The topological polar surface area (TPSA) is 75.1 Å². The molecule has 0 aromatic heterocycles. The summed E-state index contributed by atoms with van der Waals surface area (Å²) in [6, 6.07) is 4.07. The summed E-state index contributed by atoms with van der Waals surface area (Å²) in [6.45, 7) is 5.20. The second-order valence-corrected chi connectivity index (χ2v) is 7.27. The average Bonchev–Trinajstić information content (AvgIpc) is 2.66. The van der Waals surface area contributed by atoms with Crippen LogP contribution in [0.4, 0.5) is 0 Å². The molecular weight excluding hydrogens is 330 g/mol. The molecule has 0 atom stereocenters. The van der Waals surface area contributed by atoms with Crippen molar-refractivity contribution in [2.24, 2.45) is 16.8 Å². The van der Waals surface area contributed by atoms with Crippen LogP contribution in [0, 0.1) is 11.8 Å². The van der Waals surface area contributed by atoms with E-state index in [4.69, 9.17) is 9.47 Å². The van der Waals surface area contributed by atoms with Crippen LogP contribution in [-0.4, -0.2) is 38.4 Å². The summed E-state index contributed by atoms with van der Waals surface area (Å²) in [5, 5.41) is 16.9. The highest BCUT2D eigenvalue weighted by molar-refractivity contribution is 5.80. The first-order valence-electron chi connectivity index (χ1n) is 9.39. The van der Waals surface area contributed by atoms with Gasteiger partial charge in [0.1, 0.15) is 0 Å². The molecule has 0 amide bonds. The zero-order valence-corrected chi connectivity index (χ0v) is 16.6. The molecule has 0 heterocycles. The van der Waals surface area contributed by atoms with Crippen molar-refractivity contribution < 1.29 is 14.6 Å². The van der Waals surface area contributed by atoms with Crippen LogP contribution in [0.2, 0.25) is 0 Å². The Labute approximate surface area is 157 Å². The fourth-order valence-electron chi connectivity index (χ4n) is 3.55. The SMILES string of the molecule is CN=C(NCc1cc(OC)c(O)c(OC)c1)NC1CCC(C(C)C)CC1. The Morgan fingerprint density at radius 2 is 1.73 bits per heavy atom. The number of methoxy groups -OCH3 is 2. The molecule has 6 heteroatoms. The zero-order chi connectivity index (χ0) is 19.1. The van der Waals surface area contributed by atoms with E-state index in [0.717, 1.165) is 23.4 Å². The van der Waals surface area contributed by atoms with Crippen molar-refractivity contribution >= 4 is 5.96 Å². The minimum absolute atomic E-state index is 0.0168. The molecule has 2 rings (SSSR count). The molecule has 1 aliphatic rings. The van der Waals surface area contributed by atoms with E-state index in [-0.39, 0.29) is 5.75 Å². The average molecular weight is 364 g/mol. The highest BCUT2D eigenvalue weighted by Crippen LogP contribution is 2.37. The van der Waals surface area contributed by atoms with Gasteiger partial charge in [-0.1, -0.05) is 13.8 Å². The standard InChI is InChI=1S/C20H33N3O3/c1-13(2)15-6-8-16(9-7-15)23-20(21-3)22-12-14-10-17(25-4)19(24)18(11-14)26-5/h10-11,13,15-16,24H,6-9,12H2,1-5H3,(H2,21,22,23).